The van der Waals surface area contributed by atoms with E-state index in [-0.39, 0.29) is 21.7 Å². The van der Waals surface area contributed by atoms with E-state index >= 15 is 0 Å². The van der Waals surface area contributed by atoms with Crippen molar-refractivity contribution in [1.29, 1.82) is 0 Å². The number of benzene rings is 1. The lowest BCUT2D eigenvalue weighted by Crippen LogP contribution is -2.52. The molecule has 0 heterocycles. The van der Waals surface area contributed by atoms with E-state index in [0.29, 0.717) is 0 Å². The average Bonchev–Trinajstić information content (AvgIpc) is 2.30. The molecule has 0 amide bonds. The van der Waals surface area contributed by atoms with Crippen molar-refractivity contribution >= 4 is 15.7 Å². The lowest BCUT2D eigenvalue weighted by molar-refractivity contribution is 0.214. The molecule has 0 aromatic heterocycles. The standard InChI is InChI=1S/C13H19FN2O2S/c1-3-13(5-4-6-13)16-19(17,18)10-7-11(14)9(2)12(15)8-10/h7-8,16H,3-6,15H2,1-2H3. The molecular weight excluding hydrogens is 267 g/mol. The summed E-state index contributed by atoms with van der Waals surface area (Å²) in [6, 6.07) is 2.33. The van der Waals surface area contributed by atoms with Gasteiger partial charge in [-0.3, -0.25) is 0 Å². The molecule has 0 radical (unpaired) electrons. The fourth-order valence-electron chi connectivity index (χ4n) is 2.30. The fraction of sp³-hybridized carbons (Fsp3) is 0.538. The number of hydrogen-bond acceptors (Lipinski definition) is 3. The molecule has 1 aliphatic rings. The van der Waals surface area contributed by atoms with E-state index in [1.807, 2.05) is 6.92 Å². The first-order valence-corrected chi connectivity index (χ1v) is 7.87. The summed E-state index contributed by atoms with van der Waals surface area (Å²) in [6.07, 6.45) is 3.40. The Morgan fingerprint density at radius 2 is 2.05 bits per heavy atom. The smallest absolute Gasteiger partial charge is 0.241 e. The molecular formula is C13H19FN2O2S. The summed E-state index contributed by atoms with van der Waals surface area (Å²) in [5.41, 5.74) is 5.69. The van der Waals surface area contributed by atoms with Crippen molar-refractivity contribution < 1.29 is 12.8 Å². The van der Waals surface area contributed by atoms with Crippen LogP contribution < -0.4 is 10.5 Å². The van der Waals surface area contributed by atoms with E-state index in [9.17, 15) is 12.8 Å². The van der Waals surface area contributed by atoms with E-state index in [1.165, 1.54) is 13.0 Å². The molecule has 0 atom stereocenters. The van der Waals surface area contributed by atoms with Crippen LogP contribution in [0.2, 0.25) is 0 Å². The molecule has 1 aromatic rings. The Bertz CT molecular complexity index is 566. The monoisotopic (exact) mass is 286 g/mol. The minimum Gasteiger partial charge on any atom is -0.398 e. The molecule has 3 N–H and O–H groups in total. The van der Waals surface area contributed by atoms with Crippen LogP contribution in [0.5, 0.6) is 0 Å². The van der Waals surface area contributed by atoms with Crippen LogP contribution in [-0.4, -0.2) is 14.0 Å². The molecule has 0 bridgehead atoms. The van der Waals surface area contributed by atoms with Crippen molar-refractivity contribution in [2.75, 3.05) is 5.73 Å². The Kier molecular flexibility index (Phi) is 3.57. The molecule has 1 saturated carbocycles. The molecule has 106 valence electrons. The van der Waals surface area contributed by atoms with Gasteiger partial charge in [0, 0.05) is 16.8 Å². The lowest BCUT2D eigenvalue weighted by atomic mass is 9.76. The largest absolute Gasteiger partial charge is 0.398 e. The zero-order chi connectivity index (χ0) is 14.3. The zero-order valence-electron chi connectivity index (χ0n) is 11.2. The molecule has 19 heavy (non-hydrogen) atoms. The Labute approximate surface area is 113 Å². The van der Waals surface area contributed by atoms with Crippen LogP contribution in [0.3, 0.4) is 0 Å². The molecule has 1 aliphatic carbocycles. The second kappa shape index (κ2) is 4.76. The van der Waals surface area contributed by atoms with Crippen LogP contribution in [0.15, 0.2) is 17.0 Å². The maximum Gasteiger partial charge on any atom is 0.241 e. The van der Waals surface area contributed by atoms with Crippen molar-refractivity contribution in [2.45, 2.75) is 50.0 Å². The fourth-order valence-corrected chi connectivity index (χ4v) is 3.88. The van der Waals surface area contributed by atoms with E-state index in [1.54, 1.807) is 0 Å². The molecule has 2 rings (SSSR count). The molecule has 0 spiro atoms. The van der Waals surface area contributed by atoms with Crippen molar-refractivity contribution in [3.05, 3.63) is 23.5 Å². The second-order valence-corrected chi connectivity index (χ2v) is 6.89. The molecule has 0 saturated heterocycles. The lowest BCUT2D eigenvalue weighted by Gasteiger charge is -2.41. The predicted molar refractivity (Wildman–Crippen MR) is 72.7 cm³/mol. The number of hydrogen-bond donors (Lipinski definition) is 2. The van der Waals surface area contributed by atoms with Crippen LogP contribution in [0.4, 0.5) is 10.1 Å². The maximum atomic E-state index is 13.6. The zero-order valence-corrected chi connectivity index (χ0v) is 12.0. The van der Waals surface area contributed by atoms with Crippen LogP contribution >= 0.6 is 0 Å². The third-order valence-corrected chi connectivity index (χ3v) is 5.56. The van der Waals surface area contributed by atoms with Gasteiger partial charge in [-0.1, -0.05) is 6.92 Å². The normalized spacial score (nSPS) is 18.1. The van der Waals surface area contributed by atoms with Crippen molar-refractivity contribution in [3.8, 4) is 0 Å². The SMILES string of the molecule is CCC1(NS(=O)(=O)c2cc(N)c(C)c(F)c2)CCC1. The number of halogens is 1. The minimum atomic E-state index is -3.72. The third-order valence-electron chi connectivity index (χ3n) is 4.01. The van der Waals surface area contributed by atoms with Gasteiger partial charge in [-0.15, -0.1) is 0 Å². The molecule has 0 aliphatic heterocycles. The van der Waals surface area contributed by atoms with Gasteiger partial charge in [0.1, 0.15) is 5.82 Å². The highest BCUT2D eigenvalue weighted by Crippen LogP contribution is 2.36. The van der Waals surface area contributed by atoms with Crippen molar-refractivity contribution in [2.24, 2.45) is 0 Å². The van der Waals surface area contributed by atoms with Gasteiger partial charge in [0.05, 0.1) is 4.90 Å². The summed E-state index contributed by atoms with van der Waals surface area (Å²) in [5, 5.41) is 0. The summed E-state index contributed by atoms with van der Waals surface area (Å²) < 4.78 is 40.9. The Morgan fingerprint density at radius 3 is 2.47 bits per heavy atom. The van der Waals surface area contributed by atoms with Gasteiger partial charge in [0.15, 0.2) is 0 Å². The molecule has 1 fully saturated rings. The number of anilines is 1. The highest BCUT2D eigenvalue weighted by atomic mass is 32.2. The van der Waals surface area contributed by atoms with Gasteiger partial charge in [-0.05, 0) is 44.7 Å². The predicted octanol–water partition coefficient (Wildman–Crippen LogP) is 2.33. The van der Waals surface area contributed by atoms with Gasteiger partial charge >= 0.3 is 0 Å². The molecule has 6 heteroatoms. The number of nitrogens with one attached hydrogen (secondary N) is 1. The van der Waals surface area contributed by atoms with Gasteiger partial charge in [-0.25, -0.2) is 17.5 Å². The van der Waals surface area contributed by atoms with Crippen LogP contribution in [-0.2, 0) is 10.0 Å². The van der Waals surface area contributed by atoms with Crippen molar-refractivity contribution in [1.82, 2.24) is 4.72 Å². The first-order valence-electron chi connectivity index (χ1n) is 6.39. The quantitative estimate of drug-likeness (QED) is 0.834. The van der Waals surface area contributed by atoms with Gasteiger partial charge in [0.25, 0.3) is 0 Å². The maximum absolute atomic E-state index is 13.6. The summed E-state index contributed by atoms with van der Waals surface area (Å²) in [4.78, 5) is -0.104. The summed E-state index contributed by atoms with van der Waals surface area (Å²) in [7, 11) is -3.72. The topological polar surface area (TPSA) is 72.2 Å². The number of nitrogen functional groups attached to an aromatic ring is 1. The first kappa shape index (κ1) is 14.3. The first-order chi connectivity index (χ1) is 8.80. The number of nitrogens with two attached hydrogens (primary N) is 1. The third kappa shape index (κ3) is 2.60. The molecule has 0 unspecified atom stereocenters. The second-order valence-electron chi connectivity index (χ2n) is 5.21. The van der Waals surface area contributed by atoms with E-state index in [2.05, 4.69) is 4.72 Å². The van der Waals surface area contributed by atoms with Crippen molar-refractivity contribution in [3.63, 3.8) is 0 Å². The highest BCUT2D eigenvalue weighted by molar-refractivity contribution is 7.89. The van der Waals surface area contributed by atoms with Gasteiger partial charge in [0.2, 0.25) is 10.0 Å². The van der Waals surface area contributed by atoms with E-state index in [0.717, 1.165) is 31.7 Å². The van der Waals surface area contributed by atoms with E-state index in [4.69, 9.17) is 5.73 Å². The van der Waals surface area contributed by atoms with Crippen LogP contribution in [0.1, 0.15) is 38.2 Å². The van der Waals surface area contributed by atoms with Crippen LogP contribution in [0.25, 0.3) is 0 Å². The average molecular weight is 286 g/mol. The highest BCUT2D eigenvalue weighted by Gasteiger charge is 2.39. The molecule has 1 aromatic carbocycles. The Morgan fingerprint density at radius 1 is 1.42 bits per heavy atom. The minimum absolute atomic E-state index is 0.104. The van der Waals surface area contributed by atoms with Gasteiger partial charge in [-0.2, -0.15) is 0 Å². The summed E-state index contributed by atoms with van der Waals surface area (Å²) >= 11 is 0. The van der Waals surface area contributed by atoms with Gasteiger partial charge < -0.3 is 5.73 Å². The van der Waals surface area contributed by atoms with Crippen LogP contribution in [0, 0.1) is 12.7 Å². The number of sulfonamides is 1. The Balaban J connectivity index is 2.35. The summed E-state index contributed by atoms with van der Waals surface area (Å²) in [5.74, 6) is -0.598. The Hall–Kier alpha value is -1.14. The number of rotatable bonds is 4. The molecule has 4 nitrogen and oxygen atoms in total. The summed E-state index contributed by atoms with van der Waals surface area (Å²) in [6.45, 7) is 3.47. The van der Waals surface area contributed by atoms with E-state index < -0.39 is 15.8 Å².